The standard InChI is InChI=1S/C10H13N3O2/c1-8-2-4-9(5-3-8)11-12-13-6-7-15-10(13)14/h2-5,11-12H,6-7H2,1H3. The number of rotatable bonds is 3. The molecule has 1 aliphatic rings. The highest BCUT2D eigenvalue weighted by Crippen LogP contribution is 2.07. The molecule has 0 aliphatic carbocycles. The average Bonchev–Trinajstić information content (AvgIpc) is 2.63. The van der Waals surface area contributed by atoms with E-state index in [-0.39, 0.29) is 6.09 Å². The Morgan fingerprint density at radius 3 is 2.67 bits per heavy atom. The molecule has 5 nitrogen and oxygen atoms in total. The first-order chi connectivity index (χ1) is 7.25. The number of carbonyl (C=O) groups is 1. The number of benzene rings is 1. The fourth-order valence-electron chi connectivity index (χ4n) is 1.26. The van der Waals surface area contributed by atoms with Gasteiger partial charge in [0.15, 0.2) is 0 Å². The van der Waals surface area contributed by atoms with Crippen LogP contribution in [0.3, 0.4) is 0 Å². The lowest BCUT2D eigenvalue weighted by Gasteiger charge is -2.15. The first-order valence-corrected chi connectivity index (χ1v) is 4.78. The summed E-state index contributed by atoms with van der Waals surface area (Å²) in [4.78, 5) is 11.1. The van der Waals surface area contributed by atoms with Gasteiger partial charge in [-0.3, -0.25) is 0 Å². The molecule has 2 rings (SSSR count). The number of carbonyl (C=O) groups excluding carboxylic acids is 1. The molecule has 0 saturated carbocycles. The Kier molecular flexibility index (Phi) is 2.73. The van der Waals surface area contributed by atoms with E-state index in [0.29, 0.717) is 13.2 Å². The largest absolute Gasteiger partial charge is 0.446 e. The van der Waals surface area contributed by atoms with Crippen LogP contribution >= 0.6 is 0 Å². The number of nitrogens with one attached hydrogen (secondary N) is 2. The fraction of sp³-hybridized carbons (Fsp3) is 0.300. The van der Waals surface area contributed by atoms with Crippen molar-refractivity contribution in [1.29, 1.82) is 0 Å². The van der Waals surface area contributed by atoms with E-state index in [9.17, 15) is 4.79 Å². The van der Waals surface area contributed by atoms with Crippen LogP contribution in [0.1, 0.15) is 5.56 Å². The van der Waals surface area contributed by atoms with Crippen LogP contribution in [0.5, 0.6) is 0 Å². The highest BCUT2D eigenvalue weighted by atomic mass is 16.6. The van der Waals surface area contributed by atoms with E-state index in [2.05, 4.69) is 11.0 Å². The zero-order valence-electron chi connectivity index (χ0n) is 8.49. The zero-order valence-corrected chi connectivity index (χ0v) is 8.49. The molecule has 1 saturated heterocycles. The van der Waals surface area contributed by atoms with Crippen LogP contribution in [0.15, 0.2) is 24.3 Å². The van der Waals surface area contributed by atoms with E-state index in [1.165, 1.54) is 10.6 Å². The van der Waals surface area contributed by atoms with Crippen molar-refractivity contribution in [2.75, 3.05) is 18.6 Å². The molecule has 1 heterocycles. The number of amides is 1. The van der Waals surface area contributed by atoms with Gasteiger partial charge in [0, 0.05) is 0 Å². The summed E-state index contributed by atoms with van der Waals surface area (Å²) in [6, 6.07) is 7.85. The van der Waals surface area contributed by atoms with Gasteiger partial charge in [-0.15, -0.1) is 5.53 Å². The number of aryl methyl sites for hydroxylation is 1. The Labute approximate surface area is 88.0 Å². The lowest BCUT2D eigenvalue weighted by molar-refractivity contribution is 0.149. The number of cyclic esters (lactones) is 1. The molecule has 0 spiro atoms. The summed E-state index contributed by atoms with van der Waals surface area (Å²) in [7, 11) is 0. The summed E-state index contributed by atoms with van der Waals surface area (Å²) >= 11 is 0. The van der Waals surface area contributed by atoms with E-state index < -0.39 is 0 Å². The molecule has 2 N–H and O–H groups in total. The van der Waals surface area contributed by atoms with Crippen LogP contribution in [0.25, 0.3) is 0 Å². The van der Waals surface area contributed by atoms with E-state index in [4.69, 9.17) is 4.74 Å². The Bertz CT molecular complexity index is 350. The van der Waals surface area contributed by atoms with E-state index in [0.717, 1.165) is 5.69 Å². The molecule has 0 unspecified atom stereocenters. The Hall–Kier alpha value is -1.75. The molecule has 1 fully saturated rings. The SMILES string of the molecule is Cc1ccc(NNN2CCOC2=O)cc1. The molecule has 1 aromatic carbocycles. The molecule has 1 aliphatic heterocycles. The van der Waals surface area contributed by atoms with Crippen molar-refractivity contribution in [1.82, 2.24) is 10.5 Å². The Morgan fingerprint density at radius 2 is 2.07 bits per heavy atom. The van der Waals surface area contributed by atoms with Crippen LogP contribution in [-0.2, 0) is 4.74 Å². The second-order valence-corrected chi connectivity index (χ2v) is 3.37. The third kappa shape index (κ3) is 2.38. The van der Waals surface area contributed by atoms with Crippen LogP contribution in [0, 0.1) is 6.92 Å². The minimum absolute atomic E-state index is 0.352. The van der Waals surface area contributed by atoms with Crippen LogP contribution < -0.4 is 11.0 Å². The fourth-order valence-corrected chi connectivity index (χ4v) is 1.26. The smallest absolute Gasteiger partial charge is 0.425 e. The minimum atomic E-state index is -0.352. The highest BCUT2D eigenvalue weighted by molar-refractivity contribution is 5.68. The summed E-state index contributed by atoms with van der Waals surface area (Å²) < 4.78 is 4.76. The lowest BCUT2D eigenvalue weighted by atomic mass is 10.2. The lowest BCUT2D eigenvalue weighted by Crippen LogP contribution is -2.42. The zero-order chi connectivity index (χ0) is 10.7. The second kappa shape index (κ2) is 4.18. The molecule has 15 heavy (non-hydrogen) atoms. The predicted molar refractivity (Wildman–Crippen MR) is 56.0 cm³/mol. The van der Waals surface area contributed by atoms with Gasteiger partial charge in [0.1, 0.15) is 6.61 Å². The number of nitrogens with zero attached hydrogens (tertiary/aromatic N) is 1. The number of hydrogen-bond donors (Lipinski definition) is 2. The first-order valence-electron chi connectivity index (χ1n) is 4.78. The molecular formula is C10H13N3O2. The summed E-state index contributed by atoms with van der Waals surface area (Å²) in [5.74, 6) is 0. The second-order valence-electron chi connectivity index (χ2n) is 3.37. The summed E-state index contributed by atoms with van der Waals surface area (Å²) in [5.41, 5.74) is 7.79. The van der Waals surface area contributed by atoms with Crippen LogP contribution in [0.4, 0.5) is 10.5 Å². The summed E-state index contributed by atoms with van der Waals surface area (Å²) in [6.45, 7) is 3.01. The first kappa shape index (κ1) is 9.79. The maximum atomic E-state index is 11.1. The van der Waals surface area contributed by atoms with Crippen molar-refractivity contribution >= 4 is 11.8 Å². The van der Waals surface area contributed by atoms with Crippen molar-refractivity contribution in [2.45, 2.75) is 6.92 Å². The van der Waals surface area contributed by atoms with E-state index >= 15 is 0 Å². The number of anilines is 1. The topological polar surface area (TPSA) is 53.6 Å². The molecule has 5 heteroatoms. The molecular weight excluding hydrogens is 194 g/mol. The molecule has 0 atom stereocenters. The molecule has 0 aromatic heterocycles. The Balaban J connectivity index is 1.87. The van der Waals surface area contributed by atoms with Crippen LogP contribution in [-0.4, -0.2) is 24.3 Å². The van der Waals surface area contributed by atoms with Gasteiger partial charge in [0.2, 0.25) is 0 Å². The van der Waals surface area contributed by atoms with Gasteiger partial charge in [-0.2, -0.15) is 0 Å². The summed E-state index contributed by atoms with van der Waals surface area (Å²) in [6.07, 6.45) is -0.352. The predicted octanol–water partition coefficient (Wildman–Crippen LogP) is 1.28. The number of hydrazine groups is 2. The van der Waals surface area contributed by atoms with Crippen LogP contribution in [0.2, 0.25) is 0 Å². The molecule has 0 bridgehead atoms. The maximum Gasteiger partial charge on any atom is 0.425 e. The third-order valence-corrected chi connectivity index (χ3v) is 2.15. The van der Waals surface area contributed by atoms with Gasteiger partial charge in [0.25, 0.3) is 0 Å². The van der Waals surface area contributed by atoms with Gasteiger partial charge in [-0.1, -0.05) is 17.7 Å². The van der Waals surface area contributed by atoms with E-state index in [1.807, 2.05) is 31.2 Å². The molecule has 1 aromatic rings. The minimum Gasteiger partial charge on any atom is -0.446 e. The normalized spacial score (nSPS) is 15.3. The maximum absolute atomic E-state index is 11.1. The van der Waals surface area contributed by atoms with Crippen molar-refractivity contribution in [2.24, 2.45) is 0 Å². The van der Waals surface area contributed by atoms with Crippen molar-refractivity contribution in [3.05, 3.63) is 29.8 Å². The van der Waals surface area contributed by atoms with Gasteiger partial charge in [-0.05, 0) is 19.1 Å². The van der Waals surface area contributed by atoms with Crippen molar-refractivity contribution in [3.8, 4) is 0 Å². The van der Waals surface area contributed by atoms with Crippen molar-refractivity contribution in [3.63, 3.8) is 0 Å². The average molecular weight is 207 g/mol. The summed E-state index contributed by atoms with van der Waals surface area (Å²) in [5, 5.41) is 1.39. The van der Waals surface area contributed by atoms with Gasteiger partial charge >= 0.3 is 6.09 Å². The highest BCUT2D eigenvalue weighted by Gasteiger charge is 2.21. The Morgan fingerprint density at radius 1 is 1.33 bits per heavy atom. The number of hydrogen-bond acceptors (Lipinski definition) is 4. The van der Waals surface area contributed by atoms with Gasteiger partial charge in [0.05, 0.1) is 12.2 Å². The van der Waals surface area contributed by atoms with Gasteiger partial charge in [-0.25, -0.2) is 9.80 Å². The van der Waals surface area contributed by atoms with Crippen molar-refractivity contribution < 1.29 is 9.53 Å². The molecule has 1 amide bonds. The van der Waals surface area contributed by atoms with Gasteiger partial charge < -0.3 is 10.2 Å². The third-order valence-electron chi connectivity index (χ3n) is 2.15. The molecule has 80 valence electrons. The van der Waals surface area contributed by atoms with E-state index in [1.54, 1.807) is 0 Å². The number of ether oxygens (including phenoxy) is 1. The molecule has 0 radical (unpaired) electrons. The monoisotopic (exact) mass is 207 g/mol. The quantitative estimate of drug-likeness (QED) is 0.733.